The molecule has 0 N–H and O–H groups in total. The summed E-state index contributed by atoms with van der Waals surface area (Å²) in [4.78, 5) is 4.40. The molecule has 0 atom stereocenters. The fourth-order valence-corrected chi connectivity index (χ4v) is 1.54. The Hall–Kier alpha value is -1.37. The first-order valence-electron chi connectivity index (χ1n) is 4.51. The molecule has 0 aliphatic carbocycles. The first kappa shape index (κ1) is 8.24. The van der Waals surface area contributed by atoms with Gasteiger partial charge in [0.1, 0.15) is 0 Å². The zero-order valence-corrected chi connectivity index (χ0v) is 8.26. The van der Waals surface area contributed by atoms with Gasteiger partial charge in [0.2, 0.25) is 0 Å². The van der Waals surface area contributed by atoms with Crippen molar-refractivity contribution in [2.75, 3.05) is 0 Å². The van der Waals surface area contributed by atoms with E-state index in [1.165, 1.54) is 22.1 Å². The van der Waals surface area contributed by atoms with E-state index >= 15 is 0 Å². The molecule has 0 amide bonds. The summed E-state index contributed by atoms with van der Waals surface area (Å²) in [6.45, 7) is 6.34. The van der Waals surface area contributed by atoms with Crippen molar-refractivity contribution < 1.29 is 0 Å². The first-order chi connectivity index (χ1) is 6.18. The largest absolute Gasteiger partial charge is 0.256 e. The Balaban J connectivity index is 2.87. The maximum atomic E-state index is 4.40. The summed E-state index contributed by atoms with van der Waals surface area (Å²) in [5.41, 5.74) is 4.97. The zero-order chi connectivity index (χ0) is 9.42. The predicted octanol–water partition coefficient (Wildman–Crippen LogP) is 3.16. The predicted molar refractivity (Wildman–Crippen MR) is 56.0 cm³/mol. The highest BCUT2D eigenvalue weighted by atomic mass is 14.6. The van der Waals surface area contributed by atoms with Crippen LogP contribution >= 0.6 is 0 Å². The van der Waals surface area contributed by atoms with Gasteiger partial charge < -0.3 is 0 Å². The molecule has 0 radical (unpaired) electrons. The Morgan fingerprint density at radius 1 is 1.08 bits per heavy atom. The van der Waals surface area contributed by atoms with Crippen molar-refractivity contribution >= 4 is 10.9 Å². The third-order valence-electron chi connectivity index (χ3n) is 2.55. The Morgan fingerprint density at radius 3 is 2.62 bits per heavy atom. The Bertz CT molecular complexity index is 458. The number of fused-ring (bicyclic) bond motifs is 1. The second-order valence-corrected chi connectivity index (χ2v) is 3.59. The quantitative estimate of drug-likeness (QED) is 0.593. The minimum absolute atomic E-state index is 1.10. The fraction of sp³-hybridized carbons (Fsp3) is 0.250. The van der Waals surface area contributed by atoms with Crippen LogP contribution in [0.2, 0.25) is 0 Å². The van der Waals surface area contributed by atoms with Crippen molar-refractivity contribution in [1.29, 1.82) is 0 Å². The van der Waals surface area contributed by atoms with Gasteiger partial charge in [0.25, 0.3) is 0 Å². The van der Waals surface area contributed by atoms with E-state index in [2.05, 4.69) is 44.0 Å². The van der Waals surface area contributed by atoms with Gasteiger partial charge in [-0.2, -0.15) is 0 Å². The summed E-state index contributed by atoms with van der Waals surface area (Å²) in [6.07, 6.45) is 1.94. The lowest BCUT2D eigenvalue weighted by Gasteiger charge is -2.04. The van der Waals surface area contributed by atoms with Gasteiger partial charge in [-0.3, -0.25) is 4.98 Å². The van der Waals surface area contributed by atoms with Crippen LogP contribution in [0.1, 0.15) is 16.7 Å². The van der Waals surface area contributed by atoms with Gasteiger partial charge in [-0.25, -0.2) is 0 Å². The monoisotopic (exact) mass is 171 g/mol. The van der Waals surface area contributed by atoms with Crippen LogP contribution < -0.4 is 0 Å². The summed E-state index contributed by atoms with van der Waals surface area (Å²) >= 11 is 0. The molecule has 1 nitrogen and oxygen atoms in total. The number of aromatic nitrogens is 1. The summed E-state index contributed by atoms with van der Waals surface area (Å²) < 4.78 is 0. The third-order valence-corrected chi connectivity index (χ3v) is 2.55. The lowest BCUT2D eigenvalue weighted by atomic mass is 10.0. The van der Waals surface area contributed by atoms with Crippen molar-refractivity contribution in [2.45, 2.75) is 20.8 Å². The molecule has 0 fully saturated rings. The van der Waals surface area contributed by atoms with Crippen LogP contribution in [0.25, 0.3) is 10.9 Å². The van der Waals surface area contributed by atoms with Crippen LogP contribution in [0, 0.1) is 20.8 Å². The molecular formula is C12H13N. The lowest BCUT2D eigenvalue weighted by molar-refractivity contribution is 1.27. The molecule has 0 spiro atoms. The molecule has 1 aromatic heterocycles. The highest BCUT2D eigenvalue weighted by Gasteiger charge is 2.00. The molecule has 13 heavy (non-hydrogen) atoms. The standard InChI is InChI=1S/C12H13N/c1-8-4-5-11-10(3)9(2)7-13-12(11)6-8/h4-7H,1-3H3. The van der Waals surface area contributed by atoms with E-state index in [0.29, 0.717) is 0 Å². The maximum absolute atomic E-state index is 4.40. The van der Waals surface area contributed by atoms with E-state index in [0.717, 1.165) is 5.52 Å². The van der Waals surface area contributed by atoms with E-state index in [4.69, 9.17) is 0 Å². The highest BCUT2D eigenvalue weighted by Crippen LogP contribution is 2.19. The SMILES string of the molecule is Cc1ccc2c(C)c(C)cnc2c1. The van der Waals surface area contributed by atoms with Crippen LogP contribution in [0.5, 0.6) is 0 Å². The van der Waals surface area contributed by atoms with Gasteiger partial charge in [0.15, 0.2) is 0 Å². The number of rotatable bonds is 0. The first-order valence-corrected chi connectivity index (χ1v) is 4.51. The van der Waals surface area contributed by atoms with Crippen LogP contribution in [-0.2, 0) is 0 Å². The molecule has 1 heterocycles. The van der Waals surface area contributed by atoms with Crippen LogP contribution in [0.15, 0.2) is 24.4 Å². The van der Waals surface area contributed by atoms with Crippen molar-refractivity contribution in [2.24, 2.45) is 0 Å². The minimum Gasteiger partial charge on any atom is -0.256 e. The highest BCUT2D eigenvalue weighted by molar-refractivity contribution is 5.83. The fourth-order valence-electron chi connectivity index (χ4n) is 1.54. The molecule has 0 aliphatic heterocycles. The summed E-state index contributed by atoms with van der Waals surface area (Å²) in [7, 11) is 0. The van der Waals surface area contributed by atoms with Crippen LogP contribution in [-0.4, -0.2) is 4.98 Å². The Kier molecular flexibility index (Phi) is 1.80. The second-order valence-electron chi connectivity index (χ2n) is 3.59. The molecule has 66 valence electrons. The van der Waals surface area contributed by atoms with Gasteiger partial charge >= 0.3 is 0 Å². The van der Waals surface area contributed by atoms with Gasteiger partial charge in [-0.05, 0) is 43.5 Å². The maximum Gasteiger partial charge on any atom is 0.0707 e. The topological polar surface area (TPSA) is 12.9 Å². The Morgan fingerprint density at radius 2 is 1.85 bits per heavy atom. The van der Waals surface area contributed by atoms with Crippen molar-refractivity contribution in [3.05, 3.63) is 41.1 Å². The van der Waals surface area contributed by atoms with Gasteiger partial charge in [-0.15, -0.1) is 0 Å². The van der Waals surface area contributed by atoms with Gasteiger partial charge in [-0.1, -0.05) is 12.1 Å². The molecule has 0 bridgehead atoms. The molecule has 2 aromatic rings. The molecule has 0 saturated carbocycles. The lowest BCUT2D eigenvalue weighted by Crippen LogP contribution is -1.87. The minimum atomic E-state index is 1.10. The second kappa shape index (κ2) is 2.84. The average Bonchev–Trinajstić information content (AvgIpc) is 2.12. The molecule has 0 aliphatic rings. The van der Waals surface area contributed by atoms with Crippen molar-refractivity contribution in [3.8, 4) is 0 Å². The van der Waals surface area contributed by atoms with Gasteiger partial charge in [0.05, 0.1) is 5.52 Å². The van der Waals surface area contributed by atoms with Gasteiger partial charge in [0, 0.05) is 11.6 Å². The molecular weight excluding hydrogens is 158 g/mol. The molecule has 0 unspecified atom stereocenters. The van der Waals surface area contributed by atoms with Crippen molar-refractivity contribution in [1.82, 2.24) is 4.98 Å². The molecule has 2 rings (SSSR count). The summed E-state index contributed by atoms with van der Waals surface area (Å²) in [5, 5.41) is 1.27. The normalized spacial score (nSPS) is 10.7. The number of hydrogen-bond acceptors (Lipinski definition) is 1. The molecule has 1 aromatic carbocycles. The molecule has 1 heteroatoms. The van der Waals surface area contributed by atoms with E-state index < -0.39 is 0 Å². The number of pyridine rings is 1. The van der Waals surface area contributed by atoms with E-state index in [9.17, 15) is 0 Å². The Labute approximate surface area is 78.4 Å². The van der Waals surface area contributed by atoms with Crippen molar-refractivity contribution in [3.63, 3.8) is 0 Å². The third kappa shape index (κ3) is 1.31. The zero-order valence-electron chi connectivity index (χ0n) is 8.26. The van der Waals surface area contributed by atoms with E-state index in [1.807, 2.05) is 6.20 Å². The summed E-state index contributed by atoms with van der Waals surface area (Å²) in [6, 6.07) is 6.41. The number of benzene rings is 1. The summed E-state index contributed by atoms with van der Waals surface area (Å²) in [5.74, 6) is 0. The average molecular weight is 171 g/mol. The number of aryl methyl sites for hydroxylation is 3. The molecule has 0 saturated heterocycles. The number of hydrogen-bond donors (Lipinski definition) is 0. The van der Waals surface area contributed by atoms with E-state index in [1.54, 1.807) is 0 Å². The van der Waals surface area contributed by atoms with E-state index in [-0.39, 0.29) is 0 Å². The smallest absolute Gasteiger partial charge is 0.0707 e. The number of nitrogens with zero attached hydrogens (tertiary/aromatic N) is 1. The van der Waals surface area contributed by atoms with Crippen LogP contribution in [0.3, 0.4) is 0 Å². The van der Waals surface area contributed by atoms with Crippen LogP contribution in [0.4, 0.5) is 0 Å².